The summed E-state index contributed by atoms with van der Waals surface area (Å²) in [6.45, 7) is 0. The molecule has 0 bridgehead atoms. The van der Waals surface area contributed by atoms with Crippen LogP contribution >= 0.6 is 39.0 Å². The fourth-order valence-electron chi connectivity index (χ4n) is 0.917. The predicted molar refractivity (Wildman–Crippen MR) is 60.3 cm³/mol. The molecular weight excluding hydrogens is 285 g/mol. The van der Waals surface area contributed by atoms with Gasteiger partial charge in [0.25, 0.3) is 0 Å². The van der Waals surface area contributed by atoms with E-state index in [1.54, 1.807) is 6.07 Å². The molecule has 1 heterocycles. The van der Waals surface area contributed by atoms with Gasteiger partial charge in [0.2, 0.25) is 0 Å². The number of rotatable bonds is 2. The lowest BCUT2D eigenvalue weighted by molar-refractivity contribution is 0.624. The van der Waals surface area contributed by atoms with Crippen molar-refractivity contribution in [2.24, 2.45) is 0 Å². The Morgan fingerprint density at radius 1 is 1.43 bits per heavy atom. The van der Waals surface area contributed by atoms with E-state index in [0.29, 0.717) is 0 Å². The molecular formula is C9H5BrFNS2. The van der Waals surface area contributed by atoms with E-state index in [1.165, 1.54) is 35.2 Å². The standard InChI is InChI=1S/C9H5BrFNS2/c10-8-5-13-9(12-8)14-7-3-1-2-6(11)4-7/h1-5H. The van der Waals surface area contributed by atoms with Crippen LogP contribution in [0.15, 0.2) is 43.5 Å². The average Bonchev–Trinajstić information content (AvgIpc) is 2.51. The van der Waals surface area contributed by atoms with Gasteiger partial charge in [-0.25, -0.2) is 9.37 Å². The van der Waals surface area contributed by atoms with Gasteiger partial charge >= 0.3 is 0 Å². The van der Waals surface area contributed by atoms with E-state index < -0.39 is 0 Å². The molecule has 0 fully saturated rings. The fourth-order valence-corrected chi connectivity index (χ4v) is 3.30. The van der Waals surface area contributed by atoms with Gasteiger partial charge < -0.3 is 0 Å². The first-order valence-electron chi connectivity index (χ1n) is 3.78. The first kappa shape index (κ1) is 10.1. The number of hydrogen-bond acceptors (Lipinski definition) is 3. The lowest BCUT2D eigenvalue weighted by Gasteiger charge is -1.96. The second kappa shape index (κ2) is 4.42. The maximum atomic E-state index is 12.8. The Balaban J connectivity index is 2.18. The van der Waals surface area contributed by atoms with Gasteiger partial charge in [0.05, 0.1) is 0 Å². The zero-order valence-corrected chi connectivity index (χ0v) is 10.1. The summed E-state index contributed by atoms with van der Waals surface area (Å²) < 4.78 is 14.6. The molecule has 0 atom stereocenters. The number of nitrogens with zero attached hydrogens (tertiary/aromatic N) is 1. The highest BCUT2D eigenvalue weighted by atomic mass is 79.9. The van der Waals surface area contributed by atoms with Crippen LogP contribution in [0.5, 0.6) is 0 Å². The molecule has 0 N–H and O–H groups in total. The summed E-state index contributed by atoms with van der Waals surface area (Å²) in [5.74, 6) is -0.217. The van der Waals surface area contributed by atoms with Crippen LogP contribution in [0.25, 0.3) is 0 Å². The Bertz CT molecular complexity index is 444. The van der Waals surface area contributed by atoms with Crippen LogP contribution in [-0.4, -0.2) is 4.98 Å². The highest BCUT2D eigenvalue weighted by molar-refractivity contribution is 9.10. The summed E-state index contributed by atoms with van der Waals surface area (Å²) >= 11 is 6.26. The minimum absolute atomic E-state index is 0.217. The number of hydrogen-bond donors (Lipinski definition) is 0. The summed E-state index contributed by atoms with van der Waals surface area (Å²) in [6.07, 6.45) is 0. The third kappa shape index (κ3) is 2.56. The minimum Gasteiger partial charge on any atom is -0.222 e. The van der Waals surface area contributed by atoms with Crippen molar-refractivity contribution in [1.82, 2.24) is 4.98 Å². The maximum Gasteiger partial charge on any atom is 0.155 e. The Labute approximate surface area is 97.5 Å². The molecule has 1 aromatic carbocycles. The lowest BCUT2D eigenvalue weighted by atomic mass is 10.4. The van der Waals surface area contributed by atoms with Crippen molar-refractivity contribution in [1.29, 1.82) is 0 Å². The van der Waals surface area contributed by atoms with E-state index in [9.17, 15) is 4.39 Å². The maximum absolute atomic E-state index is 12.8. The first-order valence-corrected chi connectivity index (χ1v) is 6.27. The number of thiazole rings is 1. The van der Waals surface area contributed by atoms with Crippen LogP contribution in [0.2, 0.25) is 0 Å². The Morgan fingerprint density at radius 2 is 2.29 bits per heavy atom. The largest absolute Gasteiger partial charge is 0.222 e. The zero-order valence-electron chi connectivity index (χ0n) is 6.91. The van der Waals surface area contributed by atoms with Gasteiger partial charge in [-0.15, -0.1) is 11.3 Å². The molecule has 0 saturated carbocycles. The lowest BCUT2D eigenvalue weighted by Crippen LogP contribution is -1.75. The Morgan fingerprint density at radius 3 is 2.93 bits per heavy atom. The number of aromatic nitrogens is 1. The van der Waals surface area contributed by atoms with E-state index in [2.05, 4.69) is 20.9 Å². The smallest absolute Gasteiger partial charge is 0.155 e. The fraction of sp³-hybridized carbons (Fsp3) is 0. The van der Waals surface area contributed by atoms with Gasteiger partial charge in [0.1, 0.15) is 10.4 Å². The van der Waals surface area contributed by atoms with Crippen molar-refractivity contribution in [2.75, 3.05) is 0 Å². The van der Waals surface area contributed by atoms with Gasteiger partial charge in [-0.05, 0) is 34.1 Å². The van der Waals surface area contributed by atoms with Gasteiger partial charge in [0, 0.05) is 10.3 Å². The van der Waals surface area contributed by atoms with Crippen LogP contribution in [-0.2, 0) is 0 Å². The van der Waals surface area contributed by atoms with Gasteiger partial charge in [0.15, 0.2) is 4.34 Å². The molecule has 0 saturated heterocycles. The molecule has 0 aliphatic heterocycles. The second-order valence-corrected chi connectivity index (χ2v) is 5.49. The molecule has 72 valence electrons. The van der Waals surface area contributed by atoms with E-state index in [4.69, 9.17) is 0 Å². The topological polar surface area (TPSA) is 12.9 Å². The SMILES string of the molecule is Fc1cccc(Sc2nc(Br)cs2)c1. The molecule has 0 unspecified atom stereocenters. The van der Waals surface area contributed by atoms with Crippen molar-refractivity contribution in [2.45, 2.75) is 9.24 Å². The van der Waals surface area contributed by atoms with E-state index in [-0.39, 0.29) is 5.82 Å². The Kier molecular flexibility index (Phi) is 3.20. The summed E-state index contributed by atoms with van der Waals surface area (Å²) in [4.78, 5) is 5.08. The third-order valence-corrected chi connectivity index (χ3v) is 4.09. The zero-order chi connectivity index (χ0) is 9.97. The van der Waals surface area contributed by atoms with Crippen molar-refractivity contribution in [3.05, 3.63) is 40.1 Å². The van der Waals surface area contributed by atoms with Gasteiger partial charge in [-0.2, -0.15) is 0 Å². The number of halogens is 2. The van der Waals surface area contributed by atoms with Crippen LogP contribution in [0, 0.1) is 5.82 Å². The molecule has 2 aromatic rings. The molecule has 0 aliphatic rings. The molecule has 5 heteroatoms. The van der Waals surface area contributed by atoms with Crippen LogP contribution in [0.1, 0.15) is 0 Å². The predicted octanol–water partition coefficient (Wildman–Crippen LogP) is 4.20. The van der Waals surface area contributed by atoms with Crippen molar-refractivity contribution in [3.8, 4) is 0 Å². The average molecular weight is 290 g/mol. The molecule has 0 amide bonds. The molecule has 2 rings (SSSR count). The normalized spacial score (nSPS) is 10.4. The molecule has 1 aromatic heterocycles. The van der Waals surface area contributed by atoms with E-state index in [0.717, 1.165) is 13.8 Å². The van der Waals surface area contributed by atoms with E-state index >= 15 is 0 Å². The van der Waals surface area contributed by atoms with E-state index in [1.807, 2.05) is 11.4 Å². The van der Waals surface area contributed by atoms with Crippen molar-refractivity contribution >= 4 is 39.0 Å². The molecule has 0 radical (unpaired) electrons. The van der Waals surface area contributed by atoms with Gasteiger partial charge in [-0.3, -0.25) is 0 Å². The van der Waals surface area contributed by atoms with Crippen molar-refractivity contribution < 1.29 is 4.39 Å². The first-order chi connectivity index (χ1) is 6.74. The Hall–Kier alpha value is -0.390. The molecule has 14 heavy (non-hydrogen) atoms. The molecule has 1 nitrogen and oxygen atoms in total. The highest BCUT2D eigenvalue weighted by Gasteiger charge is 2.02. The summed E-state index contributed by atoms with van der Waals surface area (Å²) in [5, 5.41) is 1.90. The summed E-state index contributed by atoms with van der Waals surface area (Å²) in [6, 6.07) is 6.49. The number of benzene rings is 1. The third-order valence-electron chi connectivity index (χ3n) is 1.46. The summed E-state index contributed by atoms with van der Waals surface area (Å²) in [5.41, 5.74) is 0. The molecule has 0 aliphatic carbocycles. The second-order valence-electron chi connectivity index (χ2n) is 2.50. The molecule has 0 spiro atoms. The summed E-state index contributed by atoms with van der Waals surface area (Å²) in [7, 11) is 0. The van der Waals surface area contributed by atoms with Crippen molar-refractivity contribution in [3.63, 3.8) is 0 Å². The van der Waals surface area contributed by atoms with Crippen LogP contribution in [0.3, 0.4) is 0 Å². The monoisotopic (exact) mass is 289 g/mol. The minimum atomic E-state index is -0.217. The quantitative estimate of drug-likeness (QED) is 0.822. The van der Waals surface area contributed by atoms with Crippen LogP contribution < -0.4 is 0 Å². The highest BCUT2D eigenvalue weighted by Crippen LogP contribution is 2.31. The van der Waals surface area contributed by atoms with Gasteiger partial charge in [-0.1, -0.05) is 17.8 Å². The van der Waals surface area contributed by atoms with Crippen LogP contribution in [0.4, 0.5) is 4.39 Å².